The van der Waals surface area contributed by atoms with Crippen molar-refractivity contribution in [1.82, 2.24) is 0 Å². The van der Waals surface area contributed by atoms with Crippen LogP contribution >= 0.6 is 0 Å². The van der Waals surface area contributed by atoms with E-state index in [1.807, 2.05) is 0 Å². The summed E-state index contributed by atoms with van der Waals surface area (Å²) in [5, 5.41) is 9.12. The minimum atomic E-state index is 0.195. The van der Waals surface area contributed by atoms with Crippen molar-refractivity contribution in [2.24, 2.45) is 5.92 Å². The molecule has 1 aromatic carbocycles. The first kappa shape index (κ1) is 13.4. The van der Waals surface area contributed by atoms with Crippen LogP contribution in [0.1, 0.15) is 37.8 Å². The van der Waals surface area contributed by atoms with Crippen molar-refractivity contribution < 1.29 is 5.11 Å². The van der Waals surface area contributed by atoms with Gasteiger partial charge in [-0.25, -0.2) is 0 Å². The summed E-state index contributed by atoms with van der Waals surface area (Å²) in [5.41, 5.74) is 4.18. The molecule has 18 heavy (non-hydrogen) atoms. The summed E-state index contributed by atoms with van der Waals surface area (Å²) in [7, 11) is 0. The highest BCUT2D eigenvalue weighted by Gasteiger charge is 2.37. The largest absolute Gasteiger partial charge is 0.396 e. The summed E-state index contributed by atoms with van der Waals surface area (Å²) in [4.78, 5) is 2.51. The van der Waals surface area contributed by atoms with E-state index in [1.165, 1.54) is 23.2 Å². The zero-order chi connectivity index (χ0) is 13.3. The van der Waals surface area contributed by atoms with E-state index >= 15 is 0 Å². The van der Waals surface area contributed by atoms with Crippen LogP contribution in [-0.4, -0.2) is 23.8 Å². The molecule has 1 unspecified atom stereocenters. The summed E-state index contributed by atoms with van der Waals surface area (Å²) in [6.45, 7) is 10.3. The quantitative estimate of drug-likeness (QED) is 0.886. The molecule has 2 rings (SSSR count). The van der Waals surface area contributed by atoms with Gasteiger partial charge in [-0.15, -0.1) is 0 Å². The lowest BCUT2D eigenvalue weighted by atomic mass is 9.94. The second-order valence-corrected chi connectivity index (χ2v) is 6.35. The highest BCUT2D eigenvalue weighted by Crippen LogP contribution is 2.38. The van der Waals surface area contributed by atoms with Crippen LogP contribution in [0.4, 0.5) is 5.69 Å². The van der Waals surface area contributed by atoms with Gasteiger partial charge in [0.15, 0.2) is 0 Å². The first-order chi connectivity index (χ1) is 8.42. The molecule has 0 saturated carbocycles. The van der Waals surface area contributed by atoms with Gasteiger partial charge in [-0.3, -0.25) is 0 Å². The summed E-state index contributed by atoms with van der Waals surface area (Å²) >= 11 is 0. The van der Waals surface area contributed by atoms with E-state index in [9.17, 15) is 0 Å². The zero-order valence-corrected chi connectivity index (χ0v) is 12.0. The lowest BCUT2D eigenvalue weighted by molar-refractivity contribution is 0.259. The lowest BCUT2D eigenvalue weighted by Crippen LogP contribution is -2.38. The summed E-state index contributed by atoms with van der Waals surface area (Å²) < 4.78 is 0. The maximum Gasteiger partial charge on any atom is 0.0434 e. The van der Waals surface area contributed by atoms with Gasteiger partial charge < -0.3 is 10.0 Å². The average Bonchev–Trinajstić information content (AvgIpc) is 2.52. The summed E-state index contributed by atoms with van der Waals surface area (Å²) in [6, 6.07) is 6.77. The van der Waals surface area contributed by atoms with Crippen molar-refractivity contribution in [3.8, 4) is 0 Å². The van der Waals surface area contributed by atoms with Crippen molar-refractivity contribution >= 4 is 5.69 Å². The van der Waals surface area contributed by atoms with Gasteiger partial charge in [-0.05, 0) is 69.7 Å². The van der Waals surface area contributed by atoms with Gasteiger partial charge in [0, 0.05) is 24.4 Å². The Bertz CT molecular complexity index is 405. The number of aliphatic hydroxyl groups is 1. The molecule has 1 aromatic rings. The lowest BCUT2D eigenvalue weighted by Gasteiger charge is -2.34. The molecule has 1 N–H and O–H groups in total. The fourth-order valence-corrected chi connectivity index (χ4v) is 3.32. The molecular formula is C16H25NO. The fraction of sp³-hybridized carbons (Fsp3) is 0.625. The molecule has 1 saturated heterocycles. The van der Waals surface area contributed by atoms with Gasteiger partial charge in [0.25, 0.3) is 0 Å². The average molecular weight is 247 g/mol. The third-order valence-electron chi connectivity index (χ3n) is 4.02. The smallest absolute Gasteiger partial charge is 0.0434 e. The first-order valence-electron chi connectivity index (χ1n) is 6.89. The molecule has 0 radical (unpaired) electrons. The predicted octanol–water partition coefficient (Wildman–Crippen LogP) is 3.29. The number of benzene rings is 1. The van der Waals surface area contributed by atoms with Crippen LogP contribution in [0, 0.1) is 19.8 Å². The van der Waals surface area contributed by atoms with Crippen molar-refractivity contribution in [3.63, 3.8) is 0 Å². The Balaban J connectivity index is 2.26. The van der Waals surface area contributed by atoms with E-state index in [0.717, 1.165) is 13.0 Å². The minimum Gasteiger partial charge on any atom is -0.396 e. The molecule has 100 valence electrons. The Morgan fingerprint density at radius 1 is 1.22 bits per heavy atom. The molecule has 0 spiro atoms. The van der Waals surface area contributed by atoms with Crippen LogP contribution in [-0.2, 0) is 0 Å². The number of hydrogen-bond donors (Lipinski definition) is 1. The molecule has 0 amide bonds. The Morgan fingerprint density at radius 3 is 2.39 bits per heavy atom. The van der Waals surface area contributed by atoms with E-state index in [-0.39, 0.29) is 5.54 Å². The number of aryl methyl sites for hydroxylation is 2. The van der Waals surface area contributed by atoms with E-state index in [1.54, 1.807) is 0 Å². The van der Waals surface area contributed by atoms with Gasteiger partial charge in [0.2, 0.25) is 0 Å². The van der Waals surface area contributed by atoms with Gasteiger partial charge in [-0.1, -0.05) is 6.07 Å². The van der Waals surface area contributed by atoms with E-state index < -0.39 is 0 Å². The second-order valence-electron chi connectivity index (χ2n) is 6.35. The highest BCUT2D eigenvalue weighted by molar-refractivity contribution is 5.54. The highest BCUT2D eigenvalue weighted by atomic mass is 16.3. The Labute approximate surface area is 111 Å². The van der Waals surface area contributed by atoms with Gasteiger partial charge in [0.1, 0.15) is 0 Å². The predicted molar refractivity (Wildman–Crippen MR) is 77.2 cm³/mol. The number of aliphatic hydroxyl groups excluding tert-OH is 1. The van der Waals surface area contributed by atoms with Crippen LogP contribution in [0.3, 0.4) is 0 Å². The molecule has 1 aliphatic heterocycles. The number of anilines is 1. The number of nitrogens with zero attached hydrogens (tertiary/aromatic N) is 1. The van der Waals surface area contributed by atoms with Crippen molar-refractivity contribution in [2.45, 2.75) is 46.1 Å². The molecule has 2 nitrogen and oxygen atoms in total. The van der Waals surface area contributed by atoms with Crippen LogP contribution in [0.2, 0.25) is 0 Å². The second kappa shape index (κ2) is 4.93. The van der Waals surface area contributed by atoms with E-state index in [4.69, 9.17) is 5.11 Å². The topological polar surface area (TPSA) is 23.5 Å². The zero-order valence-electron chi connectivity index (χ0n) is 12.0. The van der Waals surface area contributed by atoms with Crippen LogP contribution in [0.15, 0.2) is 18.2 Å². The summed E-state index contributed by atoms with van der Waals surface area (Å²) in [5.74, 6) is 0.616. The fourth-order valence-electron chi connectivity index (χ4n) is 3.32. The molecule has 0 bridgehead atoms. The van der Waals surface area contributed by atoms with Gasteiger partial charge in [0.05, 0.1) is 0 Å². The monoisotopic (exact) mass is 247 g/mol. The van der Waals surface area contributed by atoms with Gasteiger partial charge >= 0.3 is 0 Å². The standard InChI is InChI=1S/C16H25NO/c1-12-7-13(2)9-15(8-12)17-11-14(5-6-18)10-16(17,3)4/h7-9,14,18H,5-6,10-11H2,1-4H3. The Kier molecular flexibility index (Phi) is 3.67. The normalized spacial score (nSPS) is 22.5. The van der Waals surface area contributed by atoms with Gasteiger partial charge in [-0.2, -0.15) is 0 Å². The third-order valence-corrected chi connectivity index (χ3v) is 4.02. The Hall–Kier alpha value is -1.02. The first-order valence-corrected chi connectivity index (χ1v) is 6.89. The molecule has 1 fully saturated rings. The molecular weight excluding hydrogens is 222 g/mol. The van der Waals surface area contributed by atoms with Crippen LogP contribution < -0.4 is 4.90 Å². The van der Waals surface area contributed by atoms with Crippen LogP contribution in [0.5, 0.6) is 0 Å². The molecule has 0 aliphatic carbocycles. The molecule has 0 aromatic heterocycles. The van der Waals surface area contributed by atoms with Crippen molar-refractivity contribution in [2.75, 3.05) is 18.1 Å². The Morgan fingerprint density at radius 2 is 1.83 bits per heavy atom. The molecule has 1 aliphatic rings. The van der Waals surface area contributed by atoms with Crippen LogP contribution in [0.25, 0.3) is 0 Å². The SMILES string of the molecule is Cc1cc(C)cc(N2CC(CCO)CC2(C)C)c1. The van der Waals surface area contributed by atoms with Crippen molar-refractivity contribution in [1.29, 1.82) is 0 Å². The molecule has 1 heterocycles. The molecule has 2 heteroatoms. The van der Waals surface area contributed by atoms with Crippen molar-refractivity contribution in [3.05, 3.63) is 29.3 Å². The maximum atomic E-state index is 9.12. The minimum absolute atomic E-state index is 0.195. The maximum absolute atomic E-state index is 9.12. The summed E-state index contributed by atoms with van der Waals surface area (Å²) in [6.07, 6.45) is 2.09. The number of hydrogen-bond acceptors (Lipinski definition) is 2. The molecule has 1 atom stereocenters. The van der Waals surface area contributed by atoms with E-state index in [2.05, 4.69) is 50.8 Å². The third kappa shape index (κ3) is 2.69. The van der Waals surface area contributed by atoms with E-state index in [0.29, 0.717) is 12.5 Å². The number of rotatable bonds is 3.